The van der Waals surface area contributed by atoms with Crippen LogP contribution in [-0.2, 0) is 0 Å². The molecule has 1 aliphatic carbocycles. The van der Waals surface area contributed by atoms with Crippen LogP contribution in [0.25, 0.3) is 0 Å². The van der Waals surface area contributed by atoms with Gasteiger partial charge in [-0.3, -0.25) is 4.79 Å². The maximum atomic E-state index is 11.0. The van der Waals surface area contributed by atoms with Crippen molar-refractivity contribution in [2.75, 3.05) is 18.0 Å². The van der Waals surface area contributed by atoms with E-state index in [1.807, 2.05) is 0 Å². The summed E-state index contributed by atoms with van der Waals surface area (Å²) in [4.78, 5) is 13.5. The number of carbonyl (C=O) groups is 1. The normalized spacial score (nSPS) is 21.2. The summed E-state index contributed by atoms with van der Waals surface area (Å²) in [5.74, 6) is 2.48. The van der Waals surface area contributed by atoms with Crippen LogP contribution in [0.5, 0.6) is 11.5 Å². The number of nitrogens with zero attached hydrogens (tertiary/aromatic N) is 1. The molecule has 2 heterocycles. The van der Waals surface area contributed by atoms with E-state index < -0.39 is 0 Å². The van der Waals surface area contributed by atoms with Crippen LogP contribution < -0.4 is 9.64 Å². The van der Waals surface area contributed by atoms with Crippen LogP contribution in [0.4, 0.5) is 5.69 Å². The first-order valence-electron chi connectivity index (χ1n) is 6.97. The molecule has 1 aromatic rings. The van der Waals surface area contributed by atoms with Gasteiger partial charge in [-0.25, -0.2) is 0 Å². The zero-order valence-corrected chi connectivity index (χ0v) is 10.4. The van der Waals surface area contributed by atoms with E-state index in [4.69, 9.17) is 4.74 Å². The van der Waals surface area contributed by atoms with Gasteiger partial charge in [0.1, 0.15) is 0 Å². The van der Waals surface area contributed by atoms with E-state index in [-0.39, 0.29) is 0 Å². The monoisotopic (exact) mass is 243 g/mol. The third-order valence-corrected chi connectivity index (χ3v) is 4.25. The van der Waals surface area contributed by atoms with Gasteiger partial charge in [0.05, 0.1) is 11.3 Å². The van der Waals surface area contributed by atoms with Crippen LogP contribution in [0, 0.1) is 0 Å². The second-order valence-electron chi connectivity index (χ2n) is 5.60. The van der Waals surface area contributed by atoms with E-state index in [0.717, 1.165) is 36.4 Å². The Morgan fingerprint density at radius 2 is 1.94 bits per heavy atom. The number of anilines is 1. The van der Waals surface area contributed by atoms with E-state index in [1.54, 1.807) is 0 Å². The molecule has 1 aromatic carbocycles. The number of fused-ring (bicyclic) bond motifs is 1. The smallest absolute Gasteiger partial charge is 0.194 e. The van der Waals surface area contributed by atoms with Crippen LogP contribution in [0.15, 0.2) is 6.07 Å². The van der Waals surface area contributed by atoms with E-state index in [0.29, 0.717) is 5.92 Å². The average Bonchev–Trinajstić information content (AvgIpc) is 3.28. The first kappa shape index (κ1) is 10.4. The lowest BCUT2D eigenvalue weighted by atomic mass is 10.0. The van der Waals surface area contributed by atoms with Crippen molar-refractivity contribution < 1.29 is 9.53 Å². The highest BCUT2D eigenvalue weighted by atomic mass is 16.6. The highest BCUT2D eigenvalue weighted by molar-refractivity contribution is 5.91. The van der Waals surface area contributed by atoms with Gasteiger partial charge in [-0.1, -0.05) is 0 Å². The Labute approximate surface area is 107 Å². The fraction of sp³-hybridized carbons (Fsp3) is 0.533. The molecule has 1 saturated heterocycles. The van der Waals surface area contributed by atoms with Crippen molar-refractivity contribution in [3.63, 3.8) is 0 Å². The van der Waals surface area contributed by atoms with Crippen LogP contribution in [0.3, 0.4) is 0 Å². The van der Waals surface area contributed by atoms with Crippen molar-refractivity contribution in [1.82, 2.24) is 0 Å². The molecule has 3 aliphatic rings. The topological polar surface area (TPSA) is 32.8 Å². The van der Waals surface area contributed by atoms with Crippen molar-refractivity contribution in [2.24, 2.45) is 0 Å². The zero-order valence-electron chi connectivity index (χ0n) is 10.4. The quantitative estimate of drug-likeness (QED) is 0.611. The minimum absolute atomic E-state index is 0.662. The SMILES string of the molecule is O=Cc1cc(C2CC2)c(N2CCCCC2)c2c1O2. The number of aldehydes is 1. The van der Waals surface area contributed by atoms with Crippen molar-refractivity contribution in [3.05, 3.63) is 17.2 Å². The summed E-state index contributed by atoms with van der Waals surface area (Å²) in [5, 5.41) is 0. The molecule has 0 aromatic heterocycles. The van der Waals surface area contributed by atoms with Crippen molar-refractivity contribution >= 4 is 12.0 Å². The van der Waals surface area contributed by atoms with Crippen LogP contribution >= 0.6 is 0 Å². The molecular weight excluding hydrogens is 226 g/mol. The number of piperidine rings is 1. The van der Waals surface area contributed by atoms with Gasteiger partial charge in [0, 0.05) is 13.1 Å². The van der Waals surface area contributed by atoms with Gasteiger partial charge < -0.3 is 9.64 Å². The largest absolute Gasteiger partial charge is 0.446 e. The molecule has 3 nitrogen and oxygen atoms in total. The van der Waals surface area contributed by atoms with Crippen LogP contribution in [0.1, 0.15) is 53.9 Å². The van der Waals surface area contributed by atoms with Gasteiger partial charge in [0.15, 0.2) is 17.8 Å². The summed E-state index contributed by atoms with van der Waals surface area (Å²) < 4.78 is 5.59. The van der Waals surface area contributed by atoms with Crippen molar-refractivity contribution in [1.29, 1.82) is 0 Å². The summed E-state index contributed by atoms with van der Waals surface area (Å²) in [7, 11) is 0. The number of rotatable bonds is 3. The fourth-order valence-corrected chi connectivity index (χ4v) is 3.09. The number of benzene rings is 1. The van der Waals surface area contributed by atoms with Gasteiger partial charge in [0.25, 0.3) is 0 Å². The molecule has 0 atom stereocenters. The Bertz CT molecular complexity index is 514. The Morgan fingerprint density at radius 3 is 2.61 bits per heavy atom. The molecule has 0 amide bonds. The Kier molecular flexibility index (Phi) is 2.16. The number of carbonyl (C=O) groups excluding carboxylic acids is 1. The molecule has 0 unspecified atom stereocenters. The highest BCUT2D eigenvalue weighted by Crippen LogP contribution is 2.60. The molecule has 94 valence electrons. The predicted molar refractivity (Wildman–Crippen MR) is 69.9 cm³/mol. The third kappa shape index (κ3) is 1.53. The predicted octanol–water partition coefficient (Wildman–Crippen LogP) is 3.47. The van der Waals surface area contributed by atoms with E-state index in [1.165, 1.54) is 43.4 Å². The molecule has 0 spiro atoms. The Morgan fingerprint density at radius 1 is 1.17 bits per heavy atom. The molecular formula is C15H17NO2. The zero-order chi connectivity index (χ0) is 12.1. The maximum Gasteiger partial charge on any atom is 0.194 e. The second kappa shape index (κ2) is 3.74. The first-order chi connectivity index (χ1) is 8.88. The van der Waals surface area contributed by atoms with E-state index in [2.05, 4.69) is 11.0 Å². The van der Waals surface area contributed by atoms with Gasteiger partial charge in [-0.2, -0.15) is 0 Å². The molecule has 0 bridgehead atoms. The summed E-state index contributed by atoms with van der Waals surface area (Å²) in [5.41, 5.74) is 3.40. The maximum absolute atomic E-state index is 11.0. The lowest BCUT2D eigenvalue weighted by molar-refractivity contribution is 0.112. The highest BCUT2D eigenvalue weighted by Gasteiger charge is 2.38. The lowest BCUT2D eigenvalue weighted by Gasteiger charge is -2.29. The van der Waals surface area contributed by atoms with Crippen LogP contribution in [0.2, 0.25) is 0 Å². The molecule has 3 heteroatoms. The Balaban J connectivity index is 1.79. The van der Waals surface area contributed by atoms with E-state index in [9.17, 15) is 4.79 Å². The lowest BCUT2D eigenvalue weighted by Crippen LogP contribution is -2.29. The van der Waals surface area contributed by atoms with Crippen molar-refractivity contribution in [3.8, 4) is 11.5 Å². The van der Waals surface area contributed by atoms with Gasteiger partial charge in [-0.05, 0) is 49.7 Å². The molecule has 2 aliphatic heterocycles. The molecule has 0 radical (unpaired) electrons. The molecule has 18 heavy (non-hydrogen) atoms. The van der Waals surface area contributed by atoms with Gasteiger partial charge >= 0.3 is 0 Å². The number of ether oxygens (including phenoxy) is 1. The van der Waals surface area contributed by atoms with Crippen LogP contribution in [-0.4, -0.2) is 19.4 Å². The fourth-order valence-electron chi connectivity index (χ4n) is 3.09. The molecule has 0 N–H and O–H groups in total. The Hall–Kier alpha value is -1.51. The van der Waals surface area contributed by atoms with Crippen molar-refractivity contribution in [2.45, 2.75) is 38.0 Å². The second-order valence-corrected chi connectivity index (χ2v) is 5.60. The van der Waals surface area contributed by atoms with Gasteiger partial charge in [-0.15, -0.1) is 0 Å². The van der Waals surface area contributed by atoms with Gasteiger partial charge in [0.2, 0.25) is 0 Å². The summed E-state index contributed by atoms with van der Waals surface area (Å²) >= 11 is 0. The molecule has 4 rings (SSSR count). The summed E-state index contributed by atoms with van der Waals surface area (Å²) in [6.07, 6.45) is 7.33. The molecule has 2 fully saturated rings. The molecule has 1 saturated carbocycles. The minimum atomic E-state index is 0.662. The van der Waals surface area contributed by atoms with E-state index >= 15 is 0 Å². The number of hydrogen-bond acceptors (Lipinski definition) is 3. The third-order valence-electron chi connectivity index (χ3n) is 4.25. The summed E-state index contributed by atoms with van der Waals surface area (Å²) in [6, 6.07) is 2.07. The minimum Gasteiger partial charge on any atom is -0.446 e. The number of hydrogen-bond donors (Lipinski definition) is 0. The first-order valence-corrected chi connectivity index (χ1v) is 6.97. The summed E-state index contributed by atoms with van der Waals surface area (Å²) in [6.45, 7) is 2.27. The standard InChI is InChI=1S/C15H17NO2/c17-9-11-8-12(10-4-5-10)13(15-14(11)18-15)16-6-2-1-3-7-16/h8-10H,1-7H2. The average molecular weight is 243 g/mol.